The third-order valence-electron chi connectivity index (χ3n) is 9.03. The lowest BCUT2D eigenvalue weighted by Crippen LogP contribution is -2.50. The van der Waals surface area contributed by atoms with Crippen molar-refractivity contribution in [3.8, 4) is 11.5 Å². The highest BCUT2D eigenvalue weighted by Crippen LogP contribution is 2.45. The minimum atomic E-state index is -2.04. The van der Waals surface area contributed by atoms with Gasteiger partial charge in [-0.15, -0.1) is 0 Å². The average Bonchev–Trinajstić information content (AvgIpc) is 2.87. The number of carbonyl (C=O) groups excluding carboxylic acids is 1. The van der Waals surface area contributed by atoms with Gasteiger partial charge in [-0.1, -0.05) is 95.2 Å². The molecule has 0 saturated carbocycles. The first-order valence-corrected chi connectivity index (χ1v) is 21.1. The number of hydrogen-bond acceptors (Lipinski definition) is 5. The summed E-state index contributed by atoms with van der Waals surface area (Å²) in [5, 5.41) is 2.81. The molecule has 0 fully saturated rings. The molecule has 0 saturated heterocycles. The first-order valence-electron chi connectivity index (χ1n) is 16.9. The lowest BCUT2D eigenvalue weighted by Gasteiger charge is -2.42. The van der Waals surface area contributed by atoms with Crippen molar-refractivity contribution in [1.82, 2.24) is 0 Å². The van der Waals surface area contributed by atoms with Gasteiger partial charge in [0.05, 0.1) is 0 Å². The molecule has 0 bridgehead atoms. The van der Waals surface area contributed by atoms with Gasteiger partial charge in [0.1, 0.15) is 17.1 Å². The molecule has 1 amide bonds. The summed E-state index contributed by atoms with van der Waals surface area (Å²) in [6.45, 7) is 37.1. The molecule has 2 aromatic carbocycles. The maximum atomic E-state index is 12.1. The van der Waals surface area contributed by atoms with Crippen LogP contribution in [0.25, 0.3) is 0 Å². The van der Waals surface area contributed by atoms with E-state index in [-0.39, 0.29) is 0 Å². The van der Waals surface area contributed by atoms with Gasteiger partial charge in [0.15, 0.2) is 0 Å². The monoisotopic (exact) mass is 658 g/mol. The van der Waals surface area contributed by atoms with Gasteiger partial charge in [0.2, 0.25) is 0 Å². The Morgan fingerprint density at radius 1 is 0.644 bits per heavy atom. The number of aryl methyl sites for hydroxylation is 2. The van der Waals surface area contributed by atoms with Gasteiger partial charge in [-0.3, -0.25) is 5.32 Å². The summed E-state index contributed by atoms with van der Waals surface area (Å²) >= 11 is 0. The Kier molecular flexibility index (Phi) is 14.8. The lowest BCUT2D eigenvalue weighted by molar-refractivity contribution is 0.0636. The molecule has 0 unspecified atom stereocenters. The molecule has 0 aromatic heterocycles. The second-order valence-corrected chi connectivity index (χ2v) is 26.2. The van der Waals surface area contributed by atoms with E-state index in [9.17, 15) is 4.79 Å². The van der Waals surface area contributed by atoms with Crippen molar-refractivity contribution in [2.24, 2.45) is 0 Å². The zero-order valence-corrected chi connectivity index (χ0v) is 33.6. The van der Waals surface area contributed by atoms with Gasteiger partial charge in [0.25, 0.3) is 16.6 Å². The highest BCUT2D eigenvalue weighted by Gasteiger charge is 2.48. The molecule has 6 nitrogen and oxygen atoms in total. The number of nitrogens with two attached hydrogens (primary N) is 1. The van der Waals surface area contributed by atoms with Crippen molar-refractivity contribution < 1.29 is 18.4 Å². The molecule has 0 heterocycles. The van der Waals surface area contributed by atoms with Crippen LogP contribution in [-0.2, 0) is 4.74 Å². The summed E-state index contributed by atoms with van der Waals surface area (Å²) in [4.78, 5) is 12.1. The summed E-state index contributed by atoms with van der Waals surface area (Å²) in [6.07, 6.45) is -0.451. The Labute approximate surface area is 278 Å². The van der Waals surface area contributed by atoms with Crippen LogP contribution in [0.15, 0.2) is 36.4 Å². The smallest absolute Gasteiger partial charge is 0.412 e. The number of nitrogen functional groups attached to an aromatic ring is 1. The maximum Gasteiger partial charge on any atom is 0.412 e. The third kappa shape index (κ3) is 10.5. The van der Waals surface area contributed by atoms with E-state index in [0.717, 1.165) is 22.7 Å². The third-order valence-corrected chi connectivity index (χ3v) is 21.0. The summed E-state index contributed by atoms with van der Waals surface area (Å²) < 4.78 is 18.8. The standard InChI is InChI=1S/C21H37NO3Si.C16H29NOSi/c1-14(2)26(15(3)4,16(5)6)25-19-13-18(12-11-17(19)7)22-20(23)24-21(8,9)10;1-11(2)19(12(3)4,13(5)6)18-16-10-15(17)9-8-14(16)7/h11-16H,1-10H3,(H,22,23);8-13H,17H2,1-7H3. The van der Waals surface area contributed by atoms with Crippen molar-refractivity contribution in [3.63, 3.8) is 0 Å². The fourth-order valence-electron chi connectivity index (χ4n) is 7.02. The van der Waals surface area contributed by atoms with Gasteiger partial charge in [-0.05, 0) is 91.1 Å². The van der Waals surface area contributed by atoms with Crippen LogP contribution in [0.3, 0.4) is 0 Å². The molecule has 45 heavy (non-hydrogen) atoms. The molecule has 2 rings (SSSR count). The van der Waals surface area contributed by atoms with Gasteiger partial charge < -0.3 is 19.3 Å². The van der Waals surface area contributed by atoms with Crippen LogP contribution in [0.2, 0.25) is 33.2 Å². The molecule has 8 heteroatoms. The molecule has 3 N–H and O–H groups in total. The number of ether oxygens (including phenoxy) is 1. The van der Waals surface area contributed by atoms with Gasteiger partial charge in [-0.2, -0.15) is 0 Å². The minimum absolute atomic E-state index is 0.451. The fourth-order valence-corrected chi connectivity index (χ4v) is 17.6. The van der Waals surface area contributed by atoms with Crippen LogP contribution in [-0.4, -0.2) is 28.3 Å². The molecular weight excluding hydrogens is 593 g/mol. The van der Waals surface area contributed by atoms with Crippen LogP contribution < -0.4 is 19.9 Å². The zero-order chi connectivity index (χ0) is 35.1. The topological polar surface area (TPSA) is 82.8 Å². The van der Waals surface area contributed by atoms with E-state index in [1.165, 1.54) is 5.56 Å². The predicted octanol–water partition coefficient (Wildman–Crippen LogP) is 12.0. The van der Waals surface area contributed by atoms with Crippen LogP contribution in [0.5, 0.6) is 11.5 Å². The van der Waals surface area contributed by atoms with Gasteiger partial charge >= 0.3 is 6.09 Å². The van der Waals surface area contributed by atoms with Gasteiger partial charge in [-0.25, -0.2) is 4.79 Å². The highest BCUT2D eigenvalue weighted by molar-refractivity contribution is 6.78. The quantitative estimate of drug-likeness (QED) is 0.185. The Hall–Kier alpha value is -2.46. The van der Waals surface area contributed by atoms with Gasteiger partial charge in [0, 0.05) is 23.5 Å². The molecular formula is C37H66N2O4Si2. The van der Waals surface area contributed by atoms with Crippen LogP contribution >= 0.6 is 0 Å². The molecule has 256 valence electrons. The fraction of sp³-hybridized carbons (Fsp3) is 0.649. The highest BCUT2D eigenvalue weighted by atomic mass is 28.4. The normalized spacial score (nSPS) is 12.6. The van der Waals surface area contributed by atoms with Crippen LogP contribution in [0, 0.1) is 13.8 Å². The number of anilines is 2. The number of carbonyl (C=O) groups is 1. The summed E-state index contributed by atoms with van der Waals surface area (Å²) in [7, 11) is -3.92. The second-order valence-electron chi connectivity index (χ2n) is 15.5. The molecule has 2 aromatic rings. The molecule has 0 aliphatic carbocycles. The second kappa shape index (κ2) is 16.4. The minimum Gasteiger partial charge on any atom is -0.542 e. The summed E-state index contributed by atoms with van der Waals surface area (Å²) in [6, 6.07) is 11.8. The van der Waals surface area contributed by atoms with E-state index >= 15 is 0 Å². The SMILES string of the molecule is Cc1ccc(N)cc1O[Si](C(C)C)(C(C)C)C(C)C.Cc1ccc(NC(=O)OC(C)(C)C)cc1O[Si](C(C)C)(C(C)C)C(C)C. The molecule has 0 radical (unpaired) electrons. The Morgan fingerprint density at radius 2 is 1.00 bits per heavy atom. The van der Waals surface area contributed by atoms with E-state index in [0.29, 0.717) is 38.9 Å². The number of hydrogen-bond donors (Lipinski definition) is 2. The number of benzene rings is 2. The molecule has 0 spiro atoms. The molecule has 0 aliphatic rings. The molecule has 0 atom stereocenters. The number of nitrogens with one attached hydrogen (secondary N) is 1. The largest absolute Gasteiger partial charge is 0.542 e. The first kappa shape index (κ1) is 40.6. The van der Waals surface area contributed by atoms with Crippen molar-refractivity contribution in [2.75, 3.05) is 11.1 Å². The summed E-state index contributed by atoms with van der Waals surface area (Å²) in [5.41, 5.74) is 12.3. The van der Waals surface area contributed by atoms with Crippen molar-refractivity contribution in [3.05, 3.63) is 47.5 Å². The average molecular weight is 659 g/mol. The van der Waals surface area contributed by atoms with Crippen LogP contribution in [0.1, 0.15) is 115 Å². The first-order chi connectivity index (χ1) is 20.5. The predicted molar refractivity (Wildman–Crippen MR) is 200 cm³/mol. The Morgan fingerprint density at radius 3 is 1.36 bits per heavy atom. The van der Waals surface area contributed by atoms with E-state index in [2.05, 4.69) is 95.3 Å². The van der Waals surface area contributed by atoms with Crippen LogP contribution in [0.4, 0.5) is 16.2 Å². The van der Waals surface area contributed by atoms with E-state index in [4.69, 9.17) is 19.3 Å². The Balaban J connectivity index is 0.000000472. The Bertz CT molecular complexity index is 1190. The molecule has 0 aliphatic heterocycles. The van der Waals surface area contributed by atoms with E-state index < -0.39 is 28.3 Å². The van der Waals surface area contributed by atoms with Crippen molar-refractivity contribution >= 4 is 34.1 Å². The number of amides is 1. The summed E-state index contributed by atoms with van der Waals surface area (Å²) in [5.74, 6) is 1.84. The van der Waals surface area contributed by atoms with E-state index in [1.54, 1.807) is 0 Å². The lowest BCUT2D eigenvalue weighted by atomic mass is 10.2. The number of rotatable bonds is 11. The van der Waals surface area contributed by atoms with E-state index in [1.807, 2.05) is 64.1 Å². The van der Waals surface area contributed by atoms with Crippen molar-refractivity contribution in [1.29, 1.82) is 0 Å². The maximum absolute atomic E-state index is 12.1. The van der Waals surface area contributed by atoms with Crippen molar-refractivity contribution in [2.45, 2.75) is 157 Å². The zero-order valence-electron chi connectivity index (χ0n) is 31.6.